The molecule has 0 aromatic heterocycles. The van der Waals surface area contributed by atoms with Crippen molar-refractivity contribution in [3.63, 3.8) is 0 Å². The first-order chi connectivity index (χ1) is 18.7. The second-order valence-corrected chi connectivity index (χ2v) is 13.4. The Labute approximate surface area is 246 Å². The third-order valence-electron chi connectivity index (χ3n) is 7.78. The van der Waals surface area contributed by atoms with Crippen LogP contribution in [0, 0.1) is 17.8 Å². The first kappa shape index (κ1) is 32.2. The highest BCUT2D eigenvalue weighted by molar-refractivity contribution is 6.51. The summed E-state index contributed by atoms with van der Waals surface area (Å²) in [6, 6.07) is -3.02. The number of carbonyl (C=O) groups excluding carboxylic acids is 5. The van der Waals surface area contributed by atoms with Crippen LogP contribution in [-0.2, 0) is 23.9 Å². The van der Waals surface area contributed by atoms with E-state index in [0.717, 1.165) is 32.1 Å². The summed E-state index contributed by atoms with van der Waals surface area (Å²) >= 11 is 13.0. The zero-order valence-corrected chi connectivity index (χ0v) is 25.3. The van der Waals surface area contributed by atoms with E-state index in [1.165, 1.54) is 11.0 Å². The summed E-state index contributed by atoms with van der Waals surface area (Å²) < 4.78 is 4.25. The summed E-state index contributed by atoms with van der Waals surface area (Å²) in [7, 11) is 0. The topological polar surface area (TPSA) is 134 Å². The van der Waals surface area contributed by atoms with E-state index in [9.17, 15) is 24.0 Å². The lowest BCUT2D eigenvalue weighted by atomic mass is 9.83. The van der Waals surface area contributed by atoms with Crippen LogP contribution in [0.2, 0.25) is 0 Å². The predicted molar refractivity (Wildman–Crippen MR) is 152 cm³/mol. The number of nitrogens with zero attached hydrogens (tertiary/aromatic N) is 1. The number of rotatable bonds is 11. The van der Waals surface area contributed by atoms with Crippen molar-refractivity contribution < 1.29 is 28.7 Å². The van der Waals surface area contributed by atoms with E-state index in [1.54, 1.807) is 20.8 Å². The Balaban J connectivity index is 1.83. The fourth-order valence-electron chi connectivity index (χ4n) is 5.82. The van der Waals surface area contributed by atoms with Crippen molar-refractivity contribution in [1.29, 1.82) is 0 Å². The third kappa shape index (κ3) is 7.49. The van der Waals surface area contributed by atoms with E-state index in [2.05, 4.69) is 22.5 Å². The Kier molecular flexibility index (Phi) is 10.5. The number of alkyl carbamates (subject to hydrolysis) is 1. The molecular formula is C28H42Cl2N4O6. The van der Waals surface area contributed by atoms with E-state index in [0.29, 0.717) is 6.42 Å². The van der Waals surface area contributed by atoms with E-state index < -0.39 is 63.6 Å². The Morgan fingerprint density at radius 1 is 1.10 bits per heavy atom. The van der Waals surface area contributed by atoms with Gasteiger partial charge in [-0.15, -0.1) is 29.8 Å². The van der Waals surface area contributed by atoms with Crippen LogP contribution in [0.5, 0.6) is 0 Å². The molecule has 3 fully saturated rings. The largest absolute Gasteiger partial charge is 0.444 e. The van der Waals surface area contributed by atoms with Crippen molar-refractivity contribution in [2.24, 2.45) is 17.8 Å². The highest BCUT2D eigenvalue weighted by Crippen LogP contribution is 2.65. The molecule has 2 saturated carbocycles. The maximum Gasteiger partial charge on any atom is 0.408 e. The van der Waals surface area contributed by atoms with Gasteiger partial charge in [0.05, 0.1) is 6.04 Å². The fraction of sp³-hybridized carbons (Fsp3) is 0.750. The molecule has 2 aliphatic carbocycles. The van der Waals surface area contributed by atoms with Gasteiger partial charge in [-0.3, -0.25) is 19.2 Å². The van der Waals surface area contributed by atoms with Gasteiger partial charge < -0.3 is 25.6 Å². The van der Waals surface area contributed by atoms with Crippen LogP contribution in [0.1, 0.15) is 72.6 Å². The maximum absolute atomic E-state index is 14.1. The Bertz CT molecular complexity index is 1010. The normalized spacial score (nSPS) is 25.1. The number of hydrogen-bond donors (Lipinski definition) is 3. The molecule has 4 amide bonds. The first-order valence-corrected chi connectivity index (χ1v) is 14.9. The molecule has 0 aromatic carbocycles. The van der Waals surface area contributed by atoms with Crippen molar-refractivity contribution in [3.05, 3.63) is 12.7 Å². The number of Topliss-reactive ketones (excluding diaryl/α,β-unsaturated/α-hetero) is 1. The third-order valence-corrected chi connectivity index (χ3v) is 8.85. The molecule has 3 N–H and O–H groups in total. The van der Waals surface area contributed by atoms with E-state index >= 15 is 0 Å². The van der Waals surface area contributed by atoms with E-state index in [4.69, 9.17) is 27.9 Å². The van der Waals surface area contributed by atoms with E-state index in [-0.39, 0.29) is 31.3 Å². The number of hydrogen-bond acceptors (Lipinski definition) is 6. The SMILES string of the molecule is C=CCNC(=O)C(=O)C(CCC)NC(=O)[C@@H]1[C@@H]2[C@H](CN1C(=O)C(NC(=O)OC(C)(C)C)C1CCCCC1)C2(Cl)Cl. The quantitative estimate of drug-likeness (QED) is 0.189. The predicted octanol–water partition coefficient (Wildman–Crippen LogP) is 3.25. The average Bonchev–Trinajstić information content (AvgIpc) is 3.21. The number of alkyl halides is 2. The number of fused-ring (bicyclic) bond motifs is 1. The number of ether oxygens (including phenoxy) is 1. The first-order valence-electron chi connectivity index (χ1n) is 14.1. The molecule has 10 nitrogen and oxygen atoms in total. The highest BCUT2D eigenvalue weighted by Gasteiger charge is 2.74. The van der Waals surface area contributed by atoms with Gasteiger partial charge in [-0.1, -0.05) is 38.7 Å². The molecule has 0 aromatic rings. The standard InChI is InChI=1S/C28H42Cl2N4O6/c1-6-11-18(22(35)24(37)31-14-7-2)32-23(36)21-19-17(28(19,29)30)15-34(21)25(38)20(16-12-9-8-10-13-16)33-26(39)40-27(3,4)5/h7,16-21H,2,6,8-15H2,1,3-5H3,(H,31,37)(H,32,36)(H,33,39)/t17-,18?,19-,20?,21-/m0/s1. The van der Waals surface area contributed by atoms with Crippen molar-refractivity contribution in [2.45, 2.75) is 101 Å². The zero-order chi connectivity index (χ0) is 29.8. The summed E-state index contributed by atoms with van der Waals surface area (Å²) in [6.45, 7) is 10.8. The molecule has 1 aliphatic heterocycles. The molecule has 3 aliphatic rings. The molecule has 2 unspecified atom stereocenters. The lowest BCUT2D eigenvalue weighted by Gasteiger charge is -2.36. The summed E-state index contributed by atoms with van der Waals surface area (Å²) in [5.74, 6) is -3.61. The van der Waals surface area contributed by atoms with E-state index in [1.807, 2.05) is 6.92 Å². The number of halogens is 2. The van der Waals surface area contributed by atoms with Gasteiger partial charge >= 0.3 is 6.09 Å². The number of nitrogens with one attached hydrogen (secondary N) is 3. The van der Waals surface area contributed by atoms with Crippen LogP contribution in [0.3, 0.4) is 0 Å². The lowest BCUT2D eigenvalue weighted by molar-refractivity contribution is -0.144. The highest BCUT2D eigenvalue weighted by atomic mass is 35.5. The summed E-state index contributed by atoms with van der Waals surface area (Å²) in [4.78, 5) is 67.1. The van der Waals surface area contributed by atoms with Crippen LogP contribution < -0.4 is 16.0 Å². The monoisotopic (exact) mass is 600 g/mol. The maximum atomic E-state index is 14.1. The van der Waals surface area contributed by atoms with Gasteiger partial charge in [0.1, 0.15) is 22.0 Å². The number of amides is 4. The van der Waals surface area contributed by atoms with Crippen LogP contribution in [0.4, 0.5) is 4.79 Å². The summed E-state index contributed by atoms with van der Waals surface area (Å²) in [6.07, 6.45) is 5.94. The summed E-state index contributed by atoms with van der Waals surface area (Å²) in [5, 5.41) is 7.91. The lowest BCUT2D eigenvalue weighted by Crippen LogP contribution is -2.60. The molecule has 1 saturated heterocycles. The van der Waals surface area contributed by atoms with Gasteiger partial charge in [0.25, 0.3) is 5.91 Å². The van der Waals surface area contributed by atoms with Crippen molar-refractivity contribution in [3.8, 4) is 0 Å². The number of ketones is 1. The van der Waals surface area contributed by atoms with Gasteiger partial charge in [-0.05, 0) is 46.0 Å². The van der Waals surface area contributed by atoms with Gasteiger partial charge in [-0.2, -0.15) is 0 Å². The van der Waals surface area contributed by atoms with Gasteiger partial charge in [-0.25, -0.2) is 4.79 Å². The molecule has 1 heterocycles. The molecule has 0 spiro atoms. The van der Waals surface area contributed by atoms with Crippen molar-refractivity contribution in [2.75, 3.05) is 13.1 Å². The van der Waals surface area contributed by atoms with Gasteiger partial charge in [0.15, 0.2) is 0 Å². The molecule has 224 valence electrons. The molecule has 12 heteroatoms. The van der Waals surface area contributed by atoms with Crippen LogP contribution in [-0.4, -0.2) is 75.6 Å². The minimum atomic E-state index is -1.19. The molecule has 5 atom stereocenters. The second-order valence-electron chi connectivity index (χ2n) is 12.0. The molecule has 0 bridgehead atoms. The minimum Gasteiger partial charge on any atom is -0.444 e. The van der Waals surface area contributed by atoms with Crippen LogP contribution >= 0.6 is 23.2 Å². The smallest absolute Gasteiger partial charge is 0.408 e. The van der Waals surface area contributed by atoms with Crippen LogP contribution in [0.15, 0.2) is 12.7 Å². The second kappa shape index (κ2) is 13.1. The van der Waals surface area contributed by atoms with Crippen LogP contribution in [0.25, 0.3) is 0 Å². The summed E-state index contributed by atoms with van der Waals surface area (Å²) in [5.41, 5.74) is -0.752. The minimum absolute atomic E-state index is 0.111. The Morgan fingerprint density at radius 2 is 1.75 bits per heavy atom. The molecule has 3 rings (SSSR count). The number of likely N-dealkylation sites (tertiary alicyclic amines) is 1. The Hall–Kier alpha value is -2.33. The number of piperidine rings is 1. The Morgan fingerprint density at radius 3 is 2.33 bits per heavy atom. The van der Waals surface area contributed by atoms with Crippen molar-refractivity contribution in [1.82, 2.24) is 20.9 Å². The van der Waals surface area contributed by atoms with Gasteiger partial charge in [0, 0.05) is 24.9 Å². The fourth-order valence-corrected chi connectivity index (χ4v) is 6.65. The molecule has 0 radical (unpaired) electrons. The van der Waals surface area contributed by atoms with Crippen molar-refractivity contribution >= 4 is 52.8 Å². The van der Waals surface area contributed by atoms with Gasteiger partial charge in [0.2, 0.25) is 17.6 Å². The molecular weight excluding hydrogens is 559 g/mol. The number of carbonyl (C=O) groups is 5. The zero-order valence-electron chi connectivity index (χ0n) is 23.8. The average molecular weight is 602 g/mol. The molecule has 40 heavy (non-hydrogen) atoms.